The van der Waals surface area contributed by atoms with E-state index in [1.807, 2.05) is 27.7 Å². The lowest BCUT2D eigenvalue weighted by molar-refractivity contribution is -0.172. The van der Waals surface area contributed by atoms with E-state index in [2.05, 4.69) is 20.8 Å². The largest absolute Gasteiger partial charge is 0.459 e. The van der Waals surface area contributed by atoms with E-state index >= 15 is 0 Å². The molecule has 0 spiro atoms. The van der Waals surface area contributed by atoms with E-state index in [0.29, 0.717) is 5.92 Å². The van der Waals surface area contributed by atoms with Crippen LogP contribution in [0.15, 0.2) is 0 Å². The Balaban J connectivity index is 4.55. The summed E-state index contributed by atoms with van der Waals surface area (Å²) in [6, 6.07) is 0. The van der Waals surface area contributed by atoms with Crippen molar-refractivity contribution in [2.75, 3.05) is 0 Å². The lowest BCUT2D eigenvalue weighted by Crippen LogP contribution is -2.40. The molecule has 2 heteroatoms. The van der Waals surface area contributed by atoms with Gasteiger partial charge in [-0.3, -0.25) is 4.79 Å². The van der Waals surface area contributed by atoms with Crippen LogP contribution in [0.25, 0.3) is 0 Å². The van der Waals surface area contributed by atoms with Crippen molar-refractivity contribution in [2.24, 2.45) is 11.3 Å². The van der Waals surface area contributed by atoms with Gasteiger partial charge in [0.15, 0.2) is 0 Å². The fourth-order valence-electron chi connectivity index (χ4n) is 1.99. The van der Waals surface area contributed by atoms with Gasteiger partial charge >= 0.3 is 5.97 Å². The van der Waals surface area contributed by atoms with Crippen LogP contribution in [0.3, 0.4) is 0 Å². The highest BCUT2D eigenvalue weighted by atomic mass is 16.6. The van der Waals surface area contributed by atoms with Gasteiger partial charge in [-0.15, -0.1) is 0 Å². The summed E-state index contributed by atoms with van der Waals surface area (Å²) in [5.41, 5.74) is -0.726. The third kappa shape index (κ3) is 5.10. The molecule has 17 heavy (non-hydrogen) atoms. The first kappa shape index (κ1) is 16.5. The monoisotopic (exact) mass is 242 g/mol. The minimum atomic E-state index is -0.363. The molecule has 102 valence electrons. The zero-order valence-electron chi connectivity index (χ0n) is 12.7. The highest BCUT2D eigenvalue weighted by molar-refractivity contribution is 5.76. The van der Waals surface area contributed by atoms with Crippen LogP contribution in [-0.4, -0.2) is 11.6 Å². The number of carbonyl (C=O) groups is 1. The Kier molecular flexibility index (Phi) is 6.22. The van der Waals surface area contributed by atoms with Crippen molar-refractivity contribution in [2.45, 2.75) is 79.8 Å². The quantitative estimate of drug-likeness (QED) is 0.611. The number of ether oxygens (including phenoxy) is 1. The molecule has 0 saturated heterocycles. The normalized spacial score (nSPS) is 14.5. The number of carbonyl (C=O) groups excluding carboxylic acids is 1. The summed E-state index contributed by atoms with van der Waals surface area (Å²) in [7, 11) is 0. The first-order valence-electron chi connectivity index (χ1n) is 6.90. The Morgan fingerprint density at radius 1 is 1.12 bits per heavy atom. The smallest absolute Gasteiger partial charge is 0.312 e. The molecule has 0 N–H and O–H groups in total. The van der Waals surface area contributed by atoms with E-state index in [1.54, 1.807) is 0 Å². The molecule has 0 radical (unpaired) electrons. The molecule has 0 heterocycles. The highest BCUT2D eigenvalue weighted by Crippen LogP contribution is 2.31. The van der Waals surface area contributed by atoms with Crippen LogP contribution < -0.4 is 0 Å². The lowest BCUT2D eigenvalue weighted by Gasteiger charge is -2.35. The Bertz CT molecular complexity index is 241. The van der Waals surface area contributed by atoms with Gasteiger partial charge in [-0.1, -0.05) is 33.6 Å². The molecule has 0 saturated carbocycles. The van der Waals surface area contributed by atoms with Gasteiger partial charge in [0.2, 0.25) is 0 Å². The maximum atomic E-state index is 12.2. The van der Waals surface area contributed by atoms with E-state index in [0.717, 1.165) is 25.7 Å². The summed E-state index contributed by atoms with van der Waals surface area (Å²) in [5, 5.41) is 0. The molecule has 0 rings (SSSR count). The molecule has 1 atom stereocenters. The molecule has 0 aliphatic carbocycles. The number of rotatable bonds is 7. The summed E-state index contributed by atoms with van der Waals surface area (Å²) in [5.74, 6) is 0.334. The van der Waals surface area contributed by atoms with E-state index in [1.165, 1.54) is 0 Å². The van der Waals surface area contributed by atoms with Gasteiger partial charge < -0.3 is 4.74 Å². The maximum Gasteiger partial charge on any atom is 0.312 e. The van der Waals surface area contributed by atoms with Crippen molar-refractivity contribution in [1.29, 1.82) is 0 Å². The van der Waals surface area contributed by atoms with Crippen LogP contribution in [0, 0.1) is 11.3 Å². The first-order chi connectivity index (χ1) is 7.67. The van der Waals surface area contributed by atoms with Crippen molar-refractivity contribution in [3.8, 4) is 0 Å². The Labute approximate surface area is 107 Å². The molecule has 0 aromatic rings. The fraction of sp³-hybridized carbons (Fsp3) is 0.933. The van der Waals surface area contributed by atoms with Crippen molar-refractivity contribution in [3.63, 3.8) is 0 Å². The Morgan fingerprint density at radius 3 is 2.06 bits per heavy atom. The second-order valence-electron chi connectivity index (χ2n) is 6.32. The third-order valence-corrected chi connectivity index (χ3v) is 3.69. The highest BCUT2D eigenvalue weighted by Gasteiger charge is 2.35. The topological polar surface area (TPSA) is 26.3 Å². The number of esters is 1. The van der Waals surface area contributed by atoms with Crippen LogP contribution in [0.5, 0.6) is 0 Å². The zero-order valence-corrected chi connectivity index (χ0v) is 12.7. The predicted octanol–water partition coefficient (Wildman–Crippen LogP) is 4.57. The van der Waals surface area contributed by atoms with Gasteiger partial charge in [0, 0.05) is 0 Å². The zero-order chi connectivity index (χ0) is 13.7. The predicted molar refractivity (Wildman–Crippen MR) is 72.9 cm³/mol. The Morgan fingerprint density at radius 2 is 1.65 bits per heavy atom. The number of hydrogen-bond donors (Lipinski definition) is 0. The Hall–Kier alpha value is -0.530. The summed E-state index contributed by atoms with van der Waals surface area (Å²) < 4.78 is 5.73. The van der Waals surface area contributed by atoms with Crippen LogP contribution in [0.4, 0.5) is 0 Å². The number of hydrogen-bond acceptors (Lipinski definition) is 2. The van der Waals surface area contributed by atoms with Gasteiger partial charge in [0.25, 0.3) is 0 Å². The average Bonchev–Trinajstić information content (AvgIpc) is 2.17. The SMILES string of the molecule is CCCC(C)C(C)(C)OC(=O)C(C)(C)CCC. The van der Waals surface area contributed by atoms with Crippen molar-refractivity contribution in [3.05, 3.63) is 0 Å². The minimum Gasteiger partial charge on any atom is -0.459 e. The van der Waals surface area contributed by atoms with Crippen LogP contribution in [-0.2, 0) is 9.53 Å². The van der Waals surface area contributed by atoms with Gasteiger partial charge in [-0.2, -0.15) is 0 Å². The van der Waals surface area contributed by atoms with Gasteiger partial charge in [-0.25, -0.2) is 0 Å². The van der Waals surface area contributed by atoms with Gasteiger partial charge in [0.05, 0.1) is 5.41 Å². The van der Waals surface area contributed by atoms with Crippen molar-refractivity contribution >= 4 is 5.97 Å². The molecular formula is C15H30O2. The maximum absolute atomic E-state index is 12.2. The summed E-state index contributed by atoms with van der Waals surface area (Å²) in [6.07, 6.45) is 4.10. The molecule has 0 aliphatic heterocycles. The lowest BCUT2D eigenvalue weighted by atomic mass is 9.86. The molecular weight excluding hydrogens is 212 g/mol. The van der Waals surface area contributed by atoms with Gasteiger partial charge in [-0.05, 0) is 46.5 Å². The third-order valence-electron chi connectivity index (χ3n) is 3.69. The van der Waals surface area contributed by atoms with Crippen molar-refractivity contribution in [1.82, 2.24) is 0 Å². The fourth-order valence-corrected chi connectivity index (χ4v) is 1.99. The minimum absolute atomic E-state index is 0.0627. The summed E-state index contributed by atoms with van der Waals surface area (Å²) in [6.45, 7) is 14.4. The molecule has 0 aromatic carbocycles. The molecule has 0 amide bonds. The standard InChI is InChI=1S/C15H30O2/c1-8-10-12(3)15(6,7)17-13(16)14(4,5)11-9-2/h12H,8-11H2,1-7H3. The summed E-state index contributed by atoms with van der Waals surface area (Å²) in [4.78, 5) is 12.2. The molecule has 1 unspecified atom stereocenters. The van der Waals surface area contributed by atoms with Crippen molar-refractivity contribution < 1.29 is 9.53 Å². The van der Waals surface area contributed by atoms with Crippen LogP contribution in [0.2, 0.25) is 0 Å². The first-order valence-corrected chi connectivity index (χ1v) is 6.90. The molecule has 0 aromatic heterocycles. The molecule has 0 fully saturated rings. The summed E-state index contributed by atoms with van der Waals surface area (Å²) >= 11 is 0. The second kappa shape index (κ2) is 6.42. The van der Waals surface area contributed by atoms with Crippen LogP contribution in [0.1, 0.15) is 74.1 Å². The van der Waals surface area contributed by atoms with E-state index in [-0.39, 0.29) is 17.0 Å². The van der Waals surface area contributed by atoms with E-state index < -0.39 is 0 Å². The average molecular weight is 242 g/mol. The second-order valence-corrected chi connectivity index (χ2v) is 6.32. The molecule has 0 bridgehead atoms. The van der Waals surface area contributed by atoms with Gasteiger partial charge in [0.1, 0.15) is 5.60 Å². The van der Waals surface area contributed by atoms with E-state index in [4.69, 9.17) is 4.74 Å². The molecule has 0 aliphatic rings. The van der Waals surface area contributed by atoms with Crippen LogP contribution >= 0.6 is 0 Å². The van der Waals surface area contributed by atoms with E-state index in [9.17, 15) is 4.79 Å². The molecule has 2 nitrogen and oxygen atoms in total.